The highest BCUT2D eigenvalue weighted by Gasteiger charge is 2.11. The lowest BCUT2D eigenvalue weighted by atomic mass is 9.92. The second-order valence-corrected chi connectivity index (χ2v) is 5.37. The van der Waals surface area contributed by atoms with E-state index in [-0.39, 0.29) is 0 Å². The predicted molar refractivity (Wildman–Crippen MR) is 68.5 cm³/mol. The third kappa shape index (κ3) is 2.70. The summed E-state index contributed by atoms with van der Waals surface area (Å²) in [6.45, 7) is 4.04. The van der Waals surface area contributed by atoms with Gasteiger partial charge in [0.2, 0.25) is 0 Å². The average molecular weight is 232 g/mol. The van der Waals surface area contributed by atoms with Gasteiger partial charge in [-0.25, -0.2) is 4.21 Å². The van der Waals surface area contributed by atoms with E-state index in [1.165, 1.54) is 18.4 Å². The summed E-state index contributed by atoms with van der Waals surface area (Å²) in [5.41, 5.74) is 2.35. The van der Waals surface area contributed by atoms with Crippen LogP contribution in [0.4, 0.5) is 0 Å². The SMILES string of the molecule is C=C1CCCC/C1=C/S(=O)c1ccccc1. The molecule has 0 bridgehead atoms. The molecule has 1 fully saturated rings. The van der Waals surface area contributed by atoms with Gasteiger partial charge in [0.05, 0.1) is 10.8 Å². The van der Waals surface area contributed by atoms with Gasteiger partial charge in [-0.2, -0.15) is 0 Å². The molecule has 0 radical (unpaired) electrons. The van der Waals surface area contributed by atoms with Crippen LogP contribution in [0.15, 0.2) is 58.4 Å². The van der Waals surface area contributed by atoms with E-state index in [4.69, 9.17) is 0 Å². The molecule has 1 aliphatic carbocycles. The fourth-order valence-electron chi connectivity index (χ4n) is 1.89. The highest BCUT2D eigenvalue weighted by molar-refractivity contribution is 7.88. The minimum atomic E-state index is -1.02. The van der Waals surface area contributed by atoms with E-state index < -0.39 is 10.8 Å². The first kappa shape index (κ1) is 11.3. The van der Waals surface area contributed by atoms with Crippen molar-refractivity contribution in [1.29, 1.82) is 0 Å². The molecule has 84 valence electrons. The van der Waals surface area contributed by atoms with E-state index in [0.717, 1.165) is 23.3 Å². The van der Waals surface area contributed by atoms with Gasteiger partial charge in [-0.05, 0) is 43.4 Å². The number of allylic oxidation sites excluding steroid dienone is 2. The summed E-state index contributed by atoms with van der Waals surface area (Å²) in [7, 11) is -1.02. The van der Waals surface area contributed by atoms with E-state index in [2.05, 4.69) is 6.58 Å². The first-order chi connectivity index (χ1) is 7.77. The molecule has 1 saturated carbocycles. The fraction of sp³-hybridized carbons (Fsp3) is 0.286. The Morgan fingerprint density at radius 2 is 1.81 bits per heavy atom. The third-order valence-corrected chi connectivity index (χ3v) is 4.09. The maximum absolute atomic E-state index is 12.1. The first-order valence-electron chi connectivity index (χ1n) is 5.62. The Morgan fingerprint density at radius 1 is 1.12 bits per heavy atom. The van der Waals surface area contributed by atoms with Gasteiger partial charge in [-0.1, -0.05) is 30.4 Å². The molecule has 2 rings (SSSR count). The molecule has 1 atom stereocenters. The van der Waals surface area contributed by atoms with Crippen molar-refractivity contribution in [2.45, 2.75) is 30.6 Å². The van der Waals surface area contributed by atoms with Crippen molar-refractivity contribution in [3.8, 4) is 0 Å². The number of rotatable bonds is 2. The predicted octanol–water partition coefficient (Wildman–Crippen LogP) is 3.81. The molecule has 0 aromatic heterocycles. The molecule has 2 heteroatoms. The Kier molecular flexibility index (Phi) is 3.73. The second-order valence-electron chi connectivity index (χ2n) is 4.06. The smallest absolute Gasteiger partial charge is 0.0778 e. The van der Waals surface area contributed by atoms with E-state index in [0.29, 0.717) is 0 Å². The van der Waals surface area contributed by atoms with Crippen LogP contribution in [0.2, 0.25) is 0 Å². The van der Waals surface area contributed by atoms with Crippen LogP contribution in [0.1, 0.15) is 25.7 Å². The van der Waals surface area contributed by atoms with Gasteiger partial charge < -0.3 is 0 Å². The van der Waals surface area contributed by atoms with Crippen LogP contribution in [0.25, 0.3) is 0 Å². The molecule has 0 heterocycles. The summed E-state index contributed by atoms with van der Waals surface area (Å²) in [6, 6.07) is 9.58. The minimum Gasteiger partial charge on any atom is -0.250 e. The molecular weight excluding hydrogens is 216 g/mol. The summed E-state index contributed by atoms with van der Waals surface area (Å²) in [5.74, 6) is 0. The molecule has 0 saturated heterocycles. The molecule has 0 spiro atoms. The van der Waals surface area contributed by atoms with E-state index >= 15 is 0 Å². The fourth-order valence-corrected chi connectivity index (χ4v) is 2.99. The van der Waals surface area contributed by atoms with Crippen molar-refractivity contribution in [3.63, 3.8) is 0 Å². The van der Waals surface area contributed by atoms with Crippen molar-refractivity contribution >= 4 is 10.8 Å². The monoisotopic (exact) mass is 232 g/mol. The quantitative estimate of drug-likeness (QED) is 0.758. The first-order valence-corrected chi connectivity index (χ1v) is 6.83. The summed E-state index contributed by atoms with van der Waals surface area (Å²) in [4.78, 5) is 0.869. The summed E-state index contributed by atoms with van der Waals surface area (Å²) in [5, 5.41) is 1.87. The Balaban J connectivity index is 2.17. The van der Waals surface area contributed by atoms with Gasteiger partial charge in [0.15, 0.2) is 0 Å². The Bertz CT molecular complexity index is 431. The molecule has 1 unspecified atom stereocenters. The highest BCUT2D eigenvalue weighted by atomic mass is 32.2. The zero-order valence-electron chi connectivity index (χ0n) is 9.32. The Hall–Kier alpha value is -1.15. The largest absolute Gasteiger partial charge is 0.250 e. The maximum atomic E-state index is 12.1. The molecular formula is C14H16OS. The van der Waals surface area contributed by atoms with Crippen molar-refractivity contribution in [2.24, 2.45) is 0 Å². The zero-order chi connectivity index (χ0) is 11.4. The minimum absolute atomic E-state index is 0.869. The molecule has 16 heavy (non-hydrogen) atoms. The van der Waals surface area contributed by atoms with Crippen LogP contribution in [0.3, 0.4) is 0 Å². The van der Waals surface area contributed by atoms with E-state index in [1.54, 1.807) is 0 Å². The number of hydrogen-bond acceptors (Lipinski definition) is 1. The molecule has 0 amide bonds. The molecule has 1 aromatic rings. The normalized spacial score (nSPS) is 21.0. The molecule has 0 N–H and O–H groups in total. The second kappa shape index (κ2) is 5.26. The van der Waals surface area contributed by atoms with E-state index in [9.17, 15) is 4.21 Å². The van der Waals surface area contributed by atoms with Gasteiger partial charge in [0, 0.05) is 10.3 Å². The summed E-state index contributed by atoms with van der Waals surface area (Å²) < 4.78 is 12.1. The van der Waals surface area contributed by atoms with Crippen LogP contribution < -0.4 is 0 Å². The Labute approximate surface area is 99.3 Å². The van der Waals surface area contributed by atoms with Gasteiger partial charge in [-0.15, -0.1) is 0 Å². The van der Waals surface area contributed by atoms with Crippen LogP contribution in [-0.2, 0) is 10.8 Å². The highest BCUT2D eigenvalue weighted by Crippen LogP contribution is 2.28. The van der Waals surface area contributed by atoms with Gasteiger partial charge >= 0.3 is 0 Å². The topological polar surface area (TPSA) is 17.1 Å². The lowest BCUT2D eigenvalue weighted by molar-refractivity contribution is 0.677. The van der Waals surface area contributed by atoms with Crippen LogP contribution >= 0.6 is 0 Å². The number of benzene rings is 1. The van der Waals surface area contributed by atoms with Crippen molar-refractivity contribution in [2.75, 3.05) is 0 Å². The van der Waals surface area contributed by atoms with Gasteiger partial charge in [-0.3, -0.25) is 0 Å². The number of hydrogen-bond donors (Lipinski definition) is 0. The zero-order valence-corrected chi connectivity index (χ0v) is 10.1. The van der Waals surface area contributed by atoms with Crippen LogP contribution in [0.5, 0.6) is 0 Å². The molecule has 1 aliphatic rings. The van der Waals surface area contributed by atoms with Crippen LogP contribution in [-0.4, -0.2) is 4.21 Å². The van der Waals surface area contributed by atoms with Gasteiger partial charge in [0.25, 0.3) is 0 Å². The van der Waals surface area contributed by atoms with E-state index in [1.807, 2.05) is 35.7 Å². The standard InChI is InChI=1S/C14H16OS/c1-12-7-5-6-8-13(12)11-16(15)14-9-3-2-4-10-14/h2-4,9-11H,1,5-8H2/b13-11-. The third-order valence-electron chi connectivity index (χ3n) is 2.85. The summed E-state index contributed by atoms with van der Waals surface area (Å²) in [6.07, 6.45) is 4.49. The summed E-state index contributed by atoms with van der Waals surface area (Å²) >= 11 is 0. The molecule has 1 nitrogen and oxygen atoms in total. The van der Waals surface area contributed by atoms with Crippen molar-refractivity contribution in [3.05, 3.63) is 53.5 Å². The molecule has 0 aliphatic heterocycles. The molecule has 1 aromatic carbocycles. The lowest BCUT2D eigenvalue weighted by Crippen LogP contribution is -1.99. The van der Waals surface area contributed by atoms with Crippen molar-refractivity contribution in [1.82, 2.24) is 0 Å². The van der Waals surface area contributed by atoms with Crippen molar-refractivity contribution < 1.29 is 4.21 Å². The van der Waals surface area contributed by atoms with Gasteiger partial charge in [0.1, 0.15) is 0 Å². The maximum Gasteiger partial charge on any atom is 0.0778 e. The van der Waals surface area contributed by atoms with Crippen LogP contribution in [0, 0.1) is 0 Å². The lowest BCUT2D eigenvalue weighted by Gasteiger charge is -2.16. The Morgan fingerprint density at radius 3 is 2.50 bits per heavy atom. The average Bonchev–Trinajstić information content (AvgIpc) is 2.33.